The van der Waals surface area contributed by atoms with Crippen molar-refractivity contribution in [3.05, 3.63) is 0 Å². The average Bonchev–Trinajstić information content (AvgIpc) is 2.59. The fourth-order valence-corrected chi connectivity index (χ4v) is 2.67. The molecular formula is C6H8BrClF2N2O. The van der Waals surface area contributed by atoms with Gasteiger partial charge in [0, 0.05) is 0 Å². The lowest BCUT2D eigenvalue weighted by atomic mass is 9.88. The Morgan fingerprint density at radius 2 is 1.77 bits per heavy atom. The first kappa shape index (κ1) is 10.0. The Balaban J connectivity index is 2.19. The predicted molar refractivity (Wildman–Crippen MR) is 47.1 cm³/mol. The second-order valence-electron chi connectivity index (χ2n) is 3.17. The minimum atomic E-state index is -1.68. The van der Waals surface area contributed by atoms with Crippen molar-refractivity contribution in [3.63, 3.8) is 0 Å². The van der Waals surface area contributed by atoms with E-state index in [1.54, 1.807) is 0 Å². The van der Waals surface area contributed by atoms with Crippen LogP contribution in [0.4, 0.5) is 8.78 Å². The van der Waals surface area contributed by atoms with Crippen LogP contribution in [0.5, 0.6) is 0 Å². The van der Waals surface area contributed by atoms with Crippen molar-refractivity contribution < 1.29 is 13.7 Å². The van der Waals surface area contributed by atoms with Gasteiger partial charge in [0.15, 0.2) is 6.17 Å². The zero-order valence-electron chi connectivity index (χ0n) is 6.38. The van der Waals surface area contributed by atoms with Gasteiger partial charge < -0.3 is 0 Å². The number of hydroxylamine groups is 2. The van der Waals surface area contributed by atoms with Crippen LogP contribution in [0.25, 0.3) is 0 Å². The van der Waals surface area contributed by atoms with Crippen LogP contribution in [0, 0.1) is 0 Å². The van der Waals surface area contributed by atoms with Crippen molar-refractivity contribution in [2.75, 3.05) is 0 Å². The lowest BCUT2D eigenvalue weighted by molar-refractivity contribution is 0.00942. The van der Waals surface area contributed by atoms with Crippen LogP contribution in [0.15, 0.2) is 0 Å². The van der Waals surface area contributed by atoms with Gasteiger partial charge in [-0.2, -0.15) is 11.0 Å². The zero-order valence-corrected chi connectivity index (χ0v) is 8.73. The molecule has 2 N–H and O–H groups in total. The van der Waals surface area contributed by atoms with Crippen LogP contribution in [-0.2, 0) is 4.94 Å². The molecule has 2 rings (SSSR count). The molecule has 1 aliphatic carbocycles. The lowest BCUT2D eigenvalue weighted by Crippen LogP contribution is -2.60. The van der Waals surface area contributed by atoms with Crippen molar-refractivity contribution in [3.8, 4) is 0 Å². The Bertz CT molecular complexity index is 193. The topological polar surface area (TPSA) is 33.3 Å². The largest absolute Gasteiger partial charge is 0.243 e. The van der Waals surface area contributed by atoms with E-state index in [-0.39, 0.29) is 6.04 Å². The molecule has 0 spiro atoms. The third-order valence-electron chi connectivity index (χ3n) is 2.38. The molecule has 0 aromatic heterocycles. The molecule has 0 aromatic carbocycles. The number of hydrogen-bond donors (Lipinski definition) is 2. The second kappa shape index (κ2) is 3.58. The fraction of sp³-hybridized carbons (Fsp3) is 1.00. The molecule has 13 heavy (non-hydrogen) atoms. The summed E-state index contributed by atoms with van der Waals surface area (Å²) < 4.78 is 26.4. The molecule has 1 aliphatic heterocycles. The first-order valence-corrected chi connectivity index (χ1v) is 5.21. The molecule has 0 radical (unpaired) electrons. The van der Waals surface area contributed by atoms with Gasteiger partial charge in [-0.05, 0) is 0 Å². The van der Waals surface area contributed by atoms with Crippen molar-refractivity contribution in [1.29, 1.82) is 0 Å². The number of rotatable bonds is 0. The Hall–Kier alpha value is 0.510. The predicted octanol–water partition coefficient (Wildman–Crippen LogP) is 0.824. The summed E-state index contributed by atoms with van der Waals surface area (Å²) in [4.78, 5) is 4.05. The molecule has 1 saturated heterocycles. The molecule has 6 atom stereocenters. The first-order chi connectivity index (χ1) is 6.13. The maximum Gasteiger partial charge on any atom is 0.150 e. The lowest BCUT2D eigenvalue weighted by Gasteiger charge is -2.36. The Kier molecular flexibility index (Phi) is 2.77. The number of halogens is 4. The molecular weight excluding hydrogens is 269 g/mol. The SMILES string of the molecule is FC1C(F)C(Br)C2NONC2C1Cl. The fourth-order valence-electron chi connectivity index (χ4n) is 1.59. The molecule has 0 bridgehead atoms. The molecule has 76 valence electrons. The minimum Gasteiger partial charge on any atom is -0.243 e. The molecule has 0 aromatic rings. The monoisotopic (exact) mass is 276 g/mol. The molecule has 1 heterocycles. The third kappa shape index (κ3) is 1.48. The van der Waals surface area contributed by atoms with Crippen LogP contribution >= 0.6 is 27.5 Å². The van der Waals surface area contributed by atoms with Gasteiger partial charge in [-0.3, -0.25) is 0 Å². The summed E-state index contributed by atoms with van der Waals surface area (Å²) in [5.74, 6) is 0. The van der Waals surface area contributed by atoms with Crippen molar-refractivity contribution >= 4 is 27.5 Å². The average molecular weight is 277 g/mol. The smallest absolute Gasteiger partial charge is 0.150 e. The molecule has 7 heteroatoms. The first-order valence-electron chi connectivity index (χ1n) is 3.86. The van der Waals surface area contributed by atoms with Gasteiger partial charge in [0.25, 0.3) is 0 Å². The molecule has 0 amide bonds. The van der Waals surface area contributed by atoms with E-state index in [0.29, 0.717) is 0 Å². The van der Waals surface area contributed by atoms with Gasteiger partial charge in [0.2, 0.25) is 0 Å². The standard InChI is InChI=1S/C6H8BrClF2N2O/c7-1-3(9)4(10)2(8)6-5(1)11-13-12-6/h1-6,11-12H. The van der Waals surface area contributed by atoms with Crippen LogP contribution in [0.3, 0.4) is 0 Å². The highest BCUT2D eigenvalue weighted by atomic mass is 79.9. The molecule has 1 saturated carbocycles. The van der Waals surface area contributed by atoms with Gasteiger partial charge >= 0.3 is 0 Å². The zero-order chi connectivity index (χ0) is 9.59. The maximum absolute atomic E-state index is 13.2. The van der Waals surface area contributed by atoms with Gasteiger partial charge in [-0.25, -0.2) is 13.7 Å². The summed E-state index contributed by atoms with van der Waals surface area (Å²) in [6, 6.07) is -0.752. The second-order valence-corrected chi connectivity index (χ2v) is 4.73. The quantitative estimate of drug-likeness (QED) is 0.643. The summed E-state index contributed by atoms with van der Waals surface area (Å²) in [6.07, 6.45) is -3.29. The summed E-state index contributed by atoms with van der Waals surface area (Å²) in [7, 11) is 0. The van der Waals surface area contributed by atoms with E-state index >= 15 is 0 Å². The summed E-state index contributed by atoms with van der Waals surface area (Å²) in [6.45, 7) is 0. The van der Waals surface area contributed by atoms with Crippen molar-refractivity contribution in [2.24, 2.45) is 0 Å². The molecule has 6 unspecified atom stereocenters. The van der Waals surface area contributed by atoms with Crippen molar-refractivity contribution in [2.45, 2.75) is 34.6 Å². The highest BCUT2D eigenvalue weighted by molar-refractivity contribution is 9.09. The Labute approximate surface area is 87.2 Å². The van der Waals surface area contributed by atoms with E-state index in [2.05, 4.69) is 31.8 Å². The Morgan fingerprint density at radius 3 is 2.46 bits per heavy atom. The van der Waals surface area contributed by atoms with Gasteiger partial charge in [0.05, 0.1) is 22.3 Å². The maximum atomic E-state index is 13.2. The number of hydrogen-bond acceptors (Lipinski definition) is 3. The van der Waals surface area contributed by atoms with E-state index in [1.807, 2.05) is 0 Å². The highest BCUT2D eigenvalue weighted by Gasteiger charge is 2.53. The number of alkyl halides is 4. The molecule has 2 aliphatic rings. The van der Waals surface area contributed by atoms with E-state index < -0.39 is 28.6 Å². The van der Waals surface area contributed by atoms with Crippen molar-refractivity contribution in [1.82, 2.24) is 11.0 Å². The summed E-state index contributed by atoms with van der Waals surface area (Å²) >= 11 is 8.78. The third-order valence-corrected chi connectivity index (χ3v) is 3.96. The number of fused-ring (bicyclic) bond motifs is 1. The van der Waals surface area contributed by atoms with E-state index in [4.69, 9.17) is 11.6 Å². The summed E-state index contributed by atoms with van der Waals surface area (Å²) in [5, 5.41) is -0.913. The van der Waals surface area contributed by atoms with Crippen LogP contribution in [0.2, 0.25) is 0 Å². The van der Waals surface area contributed by atoms with Gasteiger partial charge in [0.1, 0.15) is 6.17 Å². The number of nitrogens with one attached hydrogen (secondary N) is 2. The van der Waals surface area contributed by atoms with Gasteiger partial charge in [-0.15, -0.1) is 11.6 Å². The highest BCUT2D eigenvalue weighted by Crippen LogP contribution is 2.34. The van der Waals surface area contributed by atoms with Crippen LogP contribution in [-0.4, -0.2) is 34.6 Å². The normalized spacial score (nSPS) is 56.3. The van der Waals surface area contributed by atoms with E-state index in [9.17, 15) is 8.78 Å². The van der Waals surface area contributed by atoms with Crippen LogP contribution in [0.1, 0.15) is 0 Å². The summed E-state index contributed by atoms with van der Waals surface area (Å²) in [5.41, 5.74) is 5.05. The van der Waals surface area contributed by atoms with Crippen LogP contribution < -0.4 is 11.0 Å². The van der Waals surface area contributed by atoms with Gasteiger partial charge in [-0.1, -0.05) is 15.9 Å². The van der Waals surface area contributed by atoms with E-state index in [1.165, 1.54) is 0 Å². The molecule has 2 fully saturated rings. The Morgan fingerprint density at radius 1 is 1.15 bits per heavy atom. The minimum absolute atomic E-state index is 0.343. The molecule has 3 nitrogen and oxygen atoms in total. The van der Waals surface area contributed by atoms with E-state index in [0.717, 1.165) is 0 Å².